The van der Waals surface area contributed by atoms with Gasteiger partial charge >= 0.3 is 5.69 Å². The van der Waals surface area contributed by atoms with E-state index in [0.717, 1.165) is 11.4 Å². The predicted molar refractivity (Wildman–Crippen MR) is 75.9 cm³/mol. The second-order valence-corrected chi connectivity index (χ2v) is 4.27. The maximum Gasteiger partial charge on any atom is 0.313 e. The van der Waals surface area contributed by atoms with E-state index in [2.05, 4.69) is 10.3 Å². The molecule has 0 saturated heterocycles. The lowest BCUT2D eigenvalue weighted by Gasteiger charge is -2.09. The molecule has 0 saturated carbocycles. The molecule has 2 rings (SSSR count). The van der Waals surface area contributed by atoms with Gasteiger partial charge in [0.05, 0.1) is 4.92 Å². The van der Waals surface area contributed by atoms with Gasteiger partial charge in [0.1, 0.15) is 12.4 Å². The number of nitro benzene ring substituents is 1. The van der Waals surface area contributed by atoms with Gasteiger partial charge in [0.15, 0.2) is 5.75 Å². The minimum atomic E-state index is -0.420. The van der Waals surface area contributed by atoms with Gasteiger partial charge in [-0.3, -0.25) is 10.1 Å². The number of anilines is 1. The predicted octanol–water partition coefficient (Wildman–Crippen LogP) is 2.92. The van der Waals surface area contributed by atoms with Crippen LogP contribution in [-0.2, 0) is 6.61 Å². The van der Waals surface area contributed by atoms with Crippen LogP contribution < -0.4 is 10.1 Å². The maximum absolute atomic E-state index is 11.1. The second-order valence-electron chi connectivity index (χ2n) is 4.27. The van der Waals surface area contributed by atoms with E-state index in [1.54, 1.807) is 38.4 Å². The number of aryl methyl sites for hydroxylation is 1. The fourth-order valence-corrected chi connectivity index (χ4v) is 1.84. The van der Waals surface area contributed by atoms with E-state index in [1.165, 1.54) is 0 Å². The highest BCUT2D eigenvalue weighted by Crippen LogP contribution is 2.30. The average molecular weight is 273 g/mol. The standard InChI is InChI=1S/C14H15N3O3/c1-10-4-3-5-12(14(10)17(18)19)20-9-11-6-7-16-13(8-11)15-2/h3-8H,9H2,1-2H3,(H,15,16). The number of aromatic nitrogens is 1. The minimum absolute atomic E-state index is 0.00963. The lowest BCUT2D eigenvalue weighted by molar-refractivity contribution is -0.386. The van der Waals surface area contributed by atoms with Crippen molar-refractivity contribution in [2.75, 3.05) is 12.4 Å². The fourth-order valence-electron chi connectivity index (χ4n) is 1.84. The Bertz CT molecular complexity index is 629. The smallest absolute Gasteiger partial charge is 0.313 e. The van der Waals surface area contributed by atoms with Gasteiger partial charge in [-0.25, -0.2) is 4.98 Å². The van der Waals surface area contributed by atoms with Crippen LogP contribution in [-0.4, -0.2) is 17.0 Å². The molecule has 6 nitrogen and oxygen atoms in total. The van der Waals surface area contributed by atoms with Gasteiger partial charge in [0.25, 0.3) is 0 Å². The largest absolute Gasteiger partial charge is 0.482 e. The molecule has 1 N–H and O–H groups in total. The normalized spacial score (nSPS) is 10.1. The third-order valence-corrected chi connectivity index (χ3v) is 2.86. The van der Waals surface area contributed by atoms with Crippen molar-refractivity contribution < 1.29 is 9.66 Å². The Hall–Kier alpha value is -2.63. The van der Waals surface area contributed by atoms with E-state index in [9.17, 15) is 10.1 Å². The molecule has 0 aliphatic heterocycles. The van der Waals surface area contributed by atoms with Crippen molar-refractivity contribution in [3.63, 3.8) is 0 Å². The van der Waals surface area contributed by atoms with Gasteiger partial charge in [-0.1, -0.05) is 12.1 Å². The summed E-state index contributed by atoms with van der Waals surface area (Å²) in [6.07, 6.45) is 1.66. The number of rotatable bonds is 5. The Balaban J connectivity index is 2.18. The van der Waals surface area contributed by atoms with Crippen molar-refractivity contribution >= 4 is 11.5 Å². The first-order valence-electron chi connectivity index (χ1n) is 6.11. The van der Waals surface area contributed by atoms with Crippen LogP contribution in [0.2, 0.25) is 0 Å². The van der Waals surface area contributed by atoms with Crippen LogP contribution >= 0.6 is 0 Å². The first-order valence-corrected chi connectivity index (χ1v) is 6.11. The molecule has 0 radical (unpaired) electrons. The molecule has 0 aliphatic carbocycles. The number of nitrogens with one attached hydrogen (secondary N) is 1. The lowest BCUT2D eigenvalue weighted by Crippen LogP contribution is -2.01. The van der Waals surface area contributed by atoms with E-state index in [0.29, 0.717) is 5.56 Å². The van der Waals surface area contributed by atoms with Crippen LogP contribution in [0.5, 0.6) is 5.75 Å². The number of pyridine rings is 1. The highest BCUT2D eigenvalue weighted by Gasteiger charge is 2.18. The monoisotopic (exact) mass is 273 g/mol. The molecule has 6 heteroatoms. The van der Waals surface area contributed by atoms with Crippen molar-refractivity contribution in [2.45, 2.75) is 13.5 Å². The van der Waals surface area contributed by atoms with Gasteiger partial charge in [0, 0.05) is 18.8 Å². The van der Waals surface area contributed by atoms with Crippen LogP contribution in [0.3, 0.4) is 0 Å². The summed E-state index contributed by atoms with van der Waals surface area (Å²) in [5, 5.41) is 14.0. The van der Waals surface area contributed by atoms with Crippen LogP contribution in [0.1, 0.15) is 11.1 Å². The molecular weight excluding hydrogens is 258 g/mol. The second kappa shape index (κ2) is 6.01. The summed E-state index contributed by atoms with van der Waals surface area (Å²) in [5.74, 6) is 1.00. The Kier molecular flexibility index (Phi) is 4.14. The summed E-state index contributed by atoms with van der Waals surface area (Å²) in [4.78, 5) is 14.7. The van der Waals surface area contributed by atoms with Gasteiger partial charge in [-0.2, -0.15) is 0 Å². The maximum atomic E-state index is 11.1. The zero-order chi connectivity index (χ0) is 14.5. The topological polar surface area (TPSA) is 77.3 Å². The molecule has 0 atom stereocenters. The highest BCUT2D eigenvalue weighted by atomic mass is 16.6. The van der Waals surface area contributed by atoms with Crippen LogP contribution in [0.15, 0.2) is 36.5 Å². The highest BCUT2D eigenvalue weighted by molar-refractivity contribution is 5.52. The van der Waals surface area contributed by atoms with E-state index in [1.807, 2.05) is 12.1 Å². The van der Waals surface area contributed by atoms with Crippen molar-refractivity contribution in [1.29, 1.82) is 0 Å². The zero-order valence-corrected chi connectivity index (χ0v) is 11.3. The molecule has 0 aliphatic rings. The van der Waals surface area contributed by atoms with Gasteiger partial charge in [-0.05, 0) is 30.7 Å². The summed E-state index contributed by atoms with van der Waals surface area (Å²) in [7, 11) is 1.78. The lowest BCUT2D eigenvalue weighted by atomic mass is 10.2. The molecule has 0 spiro atoms. The Morgan fingerprint density at radius 2 is 2.20 bits per heavy atom. The molecule has 0 bridgehead atoms. The minimum Gasteiger partial charge on any atom is -0.482 e. The van der Waals surface area contributed by atoms with Crippen molar-refractivity contribution in [3.05, 3.63) is 57.8 Å². The van der Waals surface area contributed by atoms with Crippen LogP contribution in [0.25, 0.3) is 0 Å². The van der Waals surface area contributed by atoms with Crippen molar-refractivity contribution in [2.24, 2.45) is 0 Å². The summed E-state index contributed by atoms with van der Waals surface area (Å²) in [6, 6.07) is 8.68. The summed E-state index contributed by atoms with van der Waals surface area (Å²) in [6.45, 7) is 1.94. The first kappa shape index (κ1) is 13.8. The zero-order valence-electron chi connectivity index (χ0n) is 11.3. The van der Waals surface area contributed by atoms with Gasteiger partial charge < -0.3 is 10.1 Å². The number of nitro groups is 1. The Morgan fingerprint density at radius 3 is 2.90 bits per heavy atom. The summed E-state index contributed by atoms with van der Waals surface area (Å²) >= 11 is 0. The van der Waals surface area contributed by atoms with Crippen LogP contribution in [0, 0.1) is 17.0 Å². The number of nitrogens with zero attached hydrogens (tertiary/aromatic N) is 2. The molecule has 1 heterocycles. The quantitative estimate of drug-likeness (QED) is 0.669. The number of hydrogen-bond donors (Lipinski definition) is 1. The molecular formula is C14H15N3O3. The molecule has 104 valence electrons. The Morgan fingerprint density at radius 1 is 1.40 bits per heavy atom. The van der Waals surface area contributed by atoms with E-state index < -0.39 is 4.92 Å². The van der Waals surface area contributed by atoms with Crippen molar-refractivity contribution in [1.82, 2.24) is 4.98 Å². The van der Waals surface area contributed by atoms with Gasteiger partial charge in [0.2, 0.25) is 0 Å². The third kappa shape index (κ3) is 3.03. The number of ether oxygens (including phenoxy) is 1. The van der Waals surface area contributed by atoms with E-state index >= 15 is 0 Å². The first-order chi connectivity index (χ1) is 9.61. The van der Waals surface area contributed by atoms with Crippen LogP contribution in [0.4, 0.5) is 11.5 Å². The number of para-hydroxylation sites is 1. The van der Waals surface area contributed by atoms with Gasteiger partial charge in [-0.15, -0.1) is 0 Å². The molecule has 1 aromatic carbocycles. The molecule has 0 unspecified atom stereocenters. The Labute approximate surface area is 116 Å². The SMILES string of the molecule is CNc1cc(COc2cccc(C)c2[N+](=O)[O-])ccn1. The summed E-state index contributed by atoms with van der Waals surface area (Å²) in [5.41, 5.74) is 1.48. The average Bonchev–Trinajstić information content (AvgIpc) is 2.45. The van der Waals surface area contributed by atoms with Crippen molar-refractivity contribution in [3.8, 4) is 5.75 Å². The fraction of sp³-hybridized carbons (Fsp3) is 0.214. The number of benzene rings is 1. The molecule has 0 amide bonds. The summed E-state index contributed by atoms with van der Waals surface area (Å²) < 4.78 is 5.57. The molecule has 0 fully saturated rings. The molecule has 2 aromatic rings. The number of hydrogen-bond acceptors (Lipinski definition) is 5. The molecule has 20 heavy (non-hydrogen) atoms. The van der Waals surface area contributed by atoms with E-state index in [-0.39, 0.29) is 18.0 Å². The van der Waals surface area contributed by atoms with E-state index in [4.69, 9.17) is 4.74 Å². The molecule has 1 aromatic heterocycles. The third-order valence-electron chi connectivity index (χ3n) is 2.86.